The van der Waals surface area contributed by atoms with Crippen LogP contribution in [0.2, 0.25) is 0 Å². The zero-order chi connectivity index (χ0) is 19.9. The van der Waals surface area contributed by atoms with Crippen molar-refractivity contribution >= 4 is 27.8 Å². The summed E-state index contributed by atoms with van der Waals surface area (Å²) in [5.41, 5.74) is 1.69. The molecule has 2 aromatic rings. The monoisotopic (exact) mass is 391 g/mol. The number of nitrogens with one attached hydrogen (secondary N) is 3. The summed E-state index contributed by atoms with van der Waals surface area (Å²) in [4.78, 5) is 24.6. The fourth-order valence-electron chi connectivity index (χ4n) is 2.53. The molecule has 0 aliphatic carbocycles. The molecule has 27 heavy (non-hydrogen) atoms. The average molecular weight is 391 g/mol. The molecule has 0 fully saturated rings. The molecule has 0 aromatic heterocycles. The predicted molar refractivity (Wildman–Crippen MR) is 102 cm³/mol. The van der Waals surface area contributed by atoms with Gasteiger partial charge in [-0.2, -0.15) is 8.42 Å². The molecule has 2 aromatic carbocycles. The molecule has 144 valence electrons. The quantitative estimate of drug-likeness (QED) is 0.396. The molecule has 0 saturated carbocycles. The lowest BCUT2D eigenvalue weighted by Crippen LogP contribution is -2.39. The number of likely N-dealkylation sites (N-methyl/N-ethyl adjacent to an activating group) is 1. The van der Waals surface area contributed by atoms with Crippen LogP contribution in [-0.2, 0) is 26.3 Å². The van der Waals surface area contributed by atoms with Gasteiger partial charge in [-0.25, -0.2) is 0 Å². The zero-order valence-electron chi connectivity index (χ0n) is 14.7. The van der Waals surface area contributed by atoms with E-state index in [1.165, 1.54) is 19.2 Å². The minimum absolute atomic E-state index is 0.231. The van der Waals surface area contributed by atoms with Gasteiger partial charge in [-0.05, 0) is 29.7 Å². The molecule has 1 atom stereocenters. The molecule has 1 unspecified atom stereocenters. The van der Waals surface area contributed by atoms with Crippen molar-refractivity contribution in [2.24, 2.45) is 0 Å². The van der Waals surface area contributed by atoms with E-state index >= 15 is 0 Å². The molecule has 0 radical (unpaired) electrons. The Morgan fingerprint density at radius 1 is 1.00 bits per heavy atom. The molecular formula is C18H21N3O5S. The van der Waals surface area contributed by atoms with Gasteiger partial charge in [0.1, 0.15) is 5.92 Å². The highest BCUT2D eigenvalue weighted by Crippen LogP contribution is 2.16. The van der Waals surface area contributed by atoms with Crippen LogP contribution >= 0.6 is 0 Å². The van der Waals surface area contributed by atoms with Crippen LogP contribution in [0.5, 0.6) is 0 Å². The van der Waals surface area contributed by atoms with Crippen molar-refractivity contribution in [2.45, 2.75) is 12.3 Å². The maximum absolute atomic E-state index is 12.5. The summed E-state index contributed by atoms with van der Waals surface area (Å²) >= 11 is 0. The third kappa shape index (κ3) is 6.39. The van der Waals surface area contributed by atoms with E-state index < -0.39 is 22.1 Å². The highest BCUT2D eigenvalue weighted by molar-refractivity contribution is 7.87. The molecular weight excluding hydrogens is 370 g/mol. The van der Waals surface area contributed by atoms with Crippen LogP contribution in [0.25, 0.3) is 0 Å². The van der Waals surface area contributed by atoms with Crippen molar-refractivity contribution in [3.05, 3.63) is 65.7 Å². The number of anilines is 1. The Labute approximate surface area is 157 Å². The summed E-state index contributed by atoms with van der Waals surface area (Å²) in [5.74, 6) is -1.72. The van der Waals surface area contributed by atoms with Crippen molar-refractivity contribution in [3.63, 3.8) is 0 Å². The predicted octanol–water partition coefficient (Wildman–Crippen LogP) is 1.09. The van der Waals surface area contributed by atoms with E-state index in [0.717, 1.165) is 5.56 Å². The Morgan fingerprint density at radius 3 is 2.19 bits per heavy atom. The van der Waals surface area contributed by atoms with Gasteiger partial charge >= 0.3 is 10.3 Å². The molecule has 8 nitrogen and oxygen atoms in total. The van der Waals surface area contributed by atoms with Gasteiger partial charge in [-0.1, -0.05) is 42.5 Å². The van der Waals surface area contributed by atoms with Crippen molar-refractivity contribution in [1.29, 1.82) is 0 Å². The van der Waals surface area contributed by atoms with E-state index in [-0.39, 0.29) is 11.6 Å². The van der Waals surface area contributed by atoms with E-state index in [4.69, 9.17) is 4.55 Å². The van der Waals surface area contributed by atoms with E-state index in [1.54, 1.807) is 36.4 Å². The first-order valence-electron chi connectivity index (χ1n) is 8.18. The highest BCUT2D eigenvalue weighted by atomic mass is 32.2. The number of hydrogen-bond donors (Lipinski definition) is 4. The number of benzene rings is 2. The lowest BCUT2D eigenvalue weighted by molar-refractivity contribution is -0.131. The standard InChI is InChI=1S/C18H21N3O5S/c1-19-17(22)16(14-5-3-2-4-6-14)18(23)20-12-11-13-7-9-15(10-8-13)21-27(24,25)26/h2-10,16,21H,11-12H2,1H3,(H,19,22)(H,20,23)(H,24,25,26). The second kappa shape index (κ2) is 9.15. The Bertz CT molecular complexity index is 883. The van der Waals surface area contributed by atoms with Crippen LogP contribution in [-0.4, -0.2) is 38.4 Å². The summed E-state index contributed by atoms with van der Waals surface area (Å²) in [6, 6.07) is 15.1. The summed E-state index contributed by atoms with van der Waals surface area (Å²) in [5, 5.41) is 5.25. The molecule has 0 spiro atoms. The summed E-state index contributed by atoms with van der Waals surface area (Å²) < 4.78 is 32.2. The van der Waals surface area contributed by atoms with Crippen LogP contribution < -0.4 is 15.4 Å². The van der Waals surface area contributed by atoms with Crippen LogP contribution in [0, 0.1) is 0 Å². The smallest absolute Gasteiger partial charge is 0.357 e. The minimum atomic E-state index is -4.31. The van der Waals surface area contributed by atoms with Crippen molar-refractivity contribution in [2.75, 3.05) is 18.3 Å². The molecule has 9 heteroatoms. The van der Waals surface area contributed by atoms with Crippen LogP contribution in [0.1, 0.15) is 17.0 Å². The Kier molecular flexibility index (Phi) is 6.91. The van der Waals surface area contributed by atoms with Crippen molar-refractivity contribution < 1.29 is 22.6 Å². The number of carbonyl (C=O) groups is 2. The van der Waals surface area contributed by atoms with Gasteiger partial charge in [-0.15, -0.1) is 0 Å². The molecule has 2 rings (SSSR count). The maximum Gasteiger partial charge on any atom is 0.357 e. The van der Waals surface area contributed by atoms with Crippen molar-refractivity contribution in [1.82, 2.24) is 10.6 Å². The topological polar surface area (TPSA) is 125 Å². The van der Waals surface area contributed by atoms with Crippen LogP contribution in [0.15, 0.2) is 54.6 Å². The highest BCUT2D eigenvalue weighted by Gasteiger charge is 2.27. The third-order valence-corrected chi connectivity index (χ3v) is 4.31. The lowest BCUT2D eigenvalue weighted by Gasteiger charge is -2.16. The van der Waals surface area contributed by atoms with Gasteiger partial charge in [0.25, 0.3) is 0 Å². The Balaban J connectivity index is 1.95. The first-order chi connectivity index (χ1) is 12.8. The van der Waals surface area contributed by atoms with E-state index in [0.29, 0.717) is 18.5 Å². The fraction of sp³-hybridized carbons (Fsp3) is 0.222. The molecule has 0 aliphatic heterocycles. The van der Waals surface area contributed by atoms with Gasteiger partial charge < -0.3 is 10.6 Å². The Hall–Kier alpha value is -2.91. The number of amides is 2. The van der Waals surface area contributed by atoms with Gasteiger partial charge in [0.05, 0.1) is 5.69 Å². The van der Waals surface area contributed by atoms with Gasteiger partial charge in [0.15, 0.2) is 0 Å². The summed E-state index contributed by atoms with van der Waals surface area (Å²) in [7, 11) is -2.83. The molecule has 0 heterocycles. The SMILES string of the molecule is CNC(=O)C(C(=O)NCCc1ccc(NS(=O)(=O)O)cc1)c1ccccc1. The van der Waals surface area contributed by atoms with Gasteiger partial charge in [0, 0.05) is 13.6 Å². The fourth-order valence-corrected chi connectivity index (χ4v) is 2.97. The molecule has 2 amide bonds. The summed E-state index contributed by atoms with van der Waals surface area (Å²) in [6.45, 7) is 0.310. The van der Waals surface area contributed by atoms with E-state index in [2.05, 4.69) is 10.6 Å². The van der Waals surface area contributed by atoms with Crippen LogP contribution in [0.4, 0.5) is 5.69 Å². The number of carbonyl (C=O) groups excluding carboxylic acids is 2. The molecule has 0 aliphatic rings. The molecule has 4 N–H and O–H groups in total. The summed E-state index contributed by atoms with van der Waals surface area (Å²) in [6.07, 6.45) is 0.493. The normalized spacial score (nSPS) is 12.1. The maximum atomic E-state index is 12.5. The number of hydrogen-bond acceptors (Lipinski definition) is 4. The van der Waals surface area contributed by atoms with Gasteiger partial charge in [0.2, 0.25) is 11.8 Å². The van der Waals surface area contributed by atoms with Crippen molar-refractivity contribution in [3.8, 4) is 0 Å². The molecule has 0 bridgehead atoms. The average Bonchev–Trinajstić information content (AvgIpc) is 2.63. The number of rotatable bonds is 8. The second-order valence-corrected chi connectivity index (χ2v) is 6.93. The third-order valence-electron chi connectivity index (χ3n) is 3.82. The first kappa shape index (κ1) is 20.4. The molecule has 0 saturated heterocycles. The minimum Gasteiger partial charge on any atom is -0.358 e. The van der Waals surface area contributed by atoms with E-state index in [1.807, 2.05) is 10.8 Å². The largest absolute Gasteiger partial charge is 0.358 e. The lowest BCUT2D eigenvalue weighted by atomic mass is 9.97. The second-order valence-electron chi connectivity index (χ2n) is 5.77. The van der Waals surface area contributed by atoms with E-state index in [9.17, 15) is 18.0 Å². The van der Waals surface area contributed by atoms with Gasteiger partial charge in [-0.3, -0.25) is 18.9 Å². The Morgan fingerprint density at radius 2 is 1.63 bits per heavy atom. The zero-order valence-corrected chi connectivity index (χ0v) is 15.5. The van der Waals surface area contributed by atoms with Crippen LogP contribution in [0.3, 0.4) is 0 Å². The first-order valence-corrected chi connectivity index (χ1v) is 9.62.